The molecular formula is C31H41N9O4. The molecule has 6 rings (SSSR count). The van der Waals surface area contributed by atoms with E-state index >= 15 is 0 Å². The third-order valence-corrected chi connectivity index (χ3v) is 9.12. The maximum Gasteiger partial charge on any atom is 0.257 e. The van der Waals surface area contributed by atoms with Crippen LogP contribution in [0.15, 0.2) is 41.1 Å². The fourth-order valence-corrected chi connectivity index (χ4v) is 6.76. The number of carbonyl (C=O) groups excluding carboxylic acids is 3. The minimum absolute atomic E-state index is 0.000213. The first kappa shape index (κ1) is 29.9. The van der Waals surface area contributed by atoms with Gasteiger partial charge in [-0.15, -0.1) is 5.10 Å². The Hall–Kier alpha value is -4.10. The predicted octanol–water partition coefficient (Wildman–Crippen LogP) is 1.65. The number of hydrogen-bond acceptors (Lipinski definition) is 9. The van der Waals surface area contributed by atoms with Gasteiger partial charge in [-0.1, -0.05) is 40.7 Å². The van der Waals surface area contributed by atoms with Gasteiger partial charge in [0.25, 0.3) is 5.91 Å². The number of rotatable bonds is 5. The smallest absolute Gasteiger partial charge is 0.257 e. The van der Waals surface area contributed by atoms with Crippen LogP contribution < -0.4 is 10.6 Å². The molecule has 2 atom stereocenters. The quantitative estimate of drug-likeness (QED) is 0.445. The highest BCUT2D eigenvalue weighted by Crippen LogP contribution is 2.33. The van der Waals surface area contributed by atoms with Crippen LogP contribution in [-0.2, 0) is 29.2 Å². The van der Waals surface area contributed by atoms with Crippen LogP contribution in [-0.4, -0.2) is 97.9 Å². The number of carbonyl (C=O) groups is 3. The average Bonchev–Trinajstić information content (AvgIpc) is 3.62. The number of aromatic nitrogens is 4. The normalized spacial score (nSPS) is 23.0. The zero-order chi connectivity index (χ0) is 30.8. The molecule has 0 unspecified atom stereocenters. The monoisotopic (exact) mass is 603 g/mol. The molecule has 0 bridgehead atoms. The van der Waals surface area contributed by atoms with E-state index in [4.69, 9.17) is 4.52 Å². The Morgan fingerprint density at radius 1 is 1.09 bits per heavy atom. The highest BCUT2D eigenvalue weighted by Gasteiger charge is 2.44. The van der Waals surface area contributed by atoms with Gasteiger partial charge in [0.1, 0.15) is 11.6 Å². The summed E-state index contributed by atoms with van der Waals surface area (Å²) >= 11 is 0. The van der Waals surface area contributed by atoms with Gasteiger partial charge in [0.05, 0.1) is 42.1 Å². The zero-order valence-corrected chi connectivity index (χ0v) is 25.7. The first-order chi connectivity index (χ1) is 21.2. The van der Waals surface area contributed by atoms with E-state index in [1.54, 1.807) is 11.8 Å². The molecule has 13 nitrogen and oxygen atoms in total. The van der Waals surface area contributed by atoms with Crippen LogP contribution in [0.1, 0.15) is 71.2 Å². The molecule has 0 radical (unpaired) electrons. The largest absolute Gasteiger partial charge is 0.358 e. The van der Waals surface area contributed by atoms with Gasteiger partial charge in [-0.3, -0.25) is 19.3 Å². The molecule has 3 aliphatic rings. The average molecular weight is 604 g/mol. The highest BCUT2D eigenvalue weighted by molar-refractivity contribution is 5.97. The molecule has 0 aliphatic carbocycles. The van der Waals surface area contributed by atoms with Crippen LogP contribution >= 0.6 is 0 Å². The van der Waals surface area contributed by atoms with Gasteiger partial charge >= 0.3 is 0 Å². The van der Waals surface area contributed by atoms with E-state index in [0.717, 1.165) is 25.3 Å². The Balaban J connectivity index is 1.25. The first-order valence-corrected chi connectivity index (χ1v) is 15.4. The summed E-state index contributed by atoms with van der Waals surface area (Å²) in [5.74, 6) is -0.437. The van der Waals surface area contributed by atoms with Crippen molar-refractivity contribution in [1.82, 2.24) is 45.5 Å². The fourth-order valence-electron chi connectivity index (χ4n) is 6.76. The minimum Gasteiger partial charge on any atom is -0.358 e. The predicted molar refractivity (Wildman–Crippen MR) is 160 cm³/mol. The molecule has 3 amide bonds. The van der Waals surface area contributed by atoms with E-state index < -0.39 is 11.6 Å². The summed E-state index contributed by atoms with van der Waals surface area (Å²) in [5, 5.41) is 18.9. The van der Waals surface area contributed by atoms with Gasteiger partial charge in [-0.2, -0.15) is 0 Å². The van der Waals surface area contributed by atoms with E-state index in [1.807, 2.05) is 48.1 Å². The number of nitrogens with one attached hydrogen (secondary N) is 2. The van der Waals surface area contributed by atoms with Gasteiger partial charge in [-0.25, -0.2) is 4.68 Å². The summed E-state index contributed by atoms with van der Waals surface area (Å²) in [4.78, 5) is 47.6. The lowest BCUT2D eigenvalue weighted by Gasteiger charge is -2.45. The van der Waals surface area contributed by atoms with Crippen molar-refractivity contribution in [2.45, 2.75) is 76.3 Å². The molecule has 0 saturated carbocycles. The molecular weight excluding hydrogens is 562 g/mol. The Morgan fingerprint density at radius 2 is 1.86 bits per heavy atom. The lowest BCUT2D eigenvalue weighted by atomic mass is 9.82. The number of likely N-dealkylation sites (tertiary alicyclic amines) is 1. The fraction of sp³-hybridized carbons (Fsp3) is 0.548. The number of amides is 3. The van der Waals surface area contributed by atoms with Crippen LogP contribution in [0.2, 0.25) is 0 Å². The van der Waals surface area contributed by atoms with Crippen LogP contribution in [0, 0.1) is 6.92 Å². The Bertz CT molecular complexity index is 1490. The van der Waals surface area contributed by atoms with Gasteiger partial charge in [-0.05, 0) is 52.3 Å². The van der Waals surface area contributed by atoms with Crippen LogP contribution in [0.5, 0.6) is 0 Å². The molecule has 2 N–H and O–H groups in total. The lowest BCUT2D eigenvalue weighted by molar-refractivity contribution is -0.145. The maximum atomic E-state index is 14.1. The van der Waals surface area contributed by atoms with Crippen molar-refractivity contribution in [3.05, 3.63) is 64.8 Å². The summed E-state index contributed by atoms with van der Waals surface area (Å²) in [7, 11) is 3.95. The number of piperidine rings is 2. The molecule has 13 heteroatoms. The summed E-state index contributed by atoms with van der Waals surface area (Å²) in [6.45, 7) is 5.04. The maximum absolute atomic E-state index is 14.1. The van der Waals surface area contributed by atoms with E-state index in [9.17, 15) is 14.4 Å². The molecule has 3 aliphatic heterocycles. The van der Waals surface area contributed by atoms with Crippen molar-refractivity contribution in [3.63, 3.8) is 0 Å². The molecule has 3 aromatic rings. The van der Waals surface area contributed by atoms with Gasteiger partial charge in [0.2, 0.25) is 11.8 Å². The first-order valence-electron chi connectivity index (χ1n) is 15.4. The Morgan fingerprint density at radius 3 is 2.61 bits per heavy atom. The SMILES string of the molecule is Cc1noc2c1C(=O)NC1(CCN(Cc3ccccc3)CC1)CC(=O)N1CC[C@@H](n3cc(CN(C)C)nn3)C[C@H]1C(=O)NC2. The topological polar surface area (TPSA) is 142 Å². The Kier molecular flexibility index (Phi) is 8.50. The number of aryl methyl sites for hydroxylation is 1. The van der Waals surface area contributed by atoms with Crippen molar-refractivity contribution < 1.29 is 18.9 Å². The molecule has 2 saturated heterocycles. The van der Waals surface area contributed by atoms with E-state index in [2.05, 4.69) is 43.1 Å². The number of nitrogens with zero attached hydrogens (tertiary/aromatic N) is 7. The van der Waals surface area contributed by atoms with Crippen molar-refractivity contribution in [3.8, 4) is 0 Å². The number of hydrogen-bond donors (Lipinski definition) is 2. The van der Waals surface area contributed by atoms with Crippen LogP contribution in [0.3, 0.4) is 0 Å². The third kappa shape index (κ3) is 6.39. The third-order valence-electron chi connectivity index (χ3n) is 9.12. The van der Waals surface area contributed by atoms with Crippen LogP contribution in [0.25, 0.3) is 0 Å². The van der Waals surface area contributed by atoms with E-state index in [1.165, 1.54) is 5.56 Å². The molecule has 5 heterocycles. The molecule has 2 aromatic heterocycles. The van der Waals surface area contributed by atoms with E-state index in [-0.39, 0.29) is 36.7 Å². The molecule has 1 aromatic carbocycles. The second-order valence-corrected chi connectivity index (χ2v) is 12.7. The van der Waals surface area contributed by atoms with Gasteiger partial charge in [0, 0.05) is 32.7 Å². The molecule has 234 valence electrons. The number of benzene rings is 1. The molecule has 1 spiro atoms. The van der Waals surface area contributed by atoms with E-state index in [0.29, 0.717) is 55.8 Å². The van der Waals surface area contributed by atoms with Crippen LogP contribution in [0.4, 0.5) is 0 Å². The van der Waals surface area contributed by atoms with Crippen molar-refractivity contribution >= 4 is 17.7 Å². The minimum atomic E-state index is -0.758. The van der Waals surface area contributed by atoms with Gasteiger partial charge < -0.3 is 25.0 Å². The van der Waals surface area contributed by atoms with Crippen molar-refractivity contribution in [1.29, 1.82) is 0 Å². The summed E-state index contributed by atoms with van der Waals surface area (Å²) in [6, 6.07) is 9.52. The Labute approximate surface area is 256 Å². The summed E-state index contributed by atoms with van der Waals surface area (Å²) < 4.78 is 7.34. The van der Waals surface area contributed by atoms with Gasteiger partial charge in [0.15, 0.2) is 5.76 Å². The van der Waals surface area contributed by atoms with Crippen molar-refractivity contribution in [2.75, 3.05) is 33.7 Å². The summed E-state index contributed by atoms with van der Waals surface area (Å²) in [6.07, 6.45) is 4.32. The second-order valence-electron chi connectivity index (χ2n) is 12.7. The molecule has 2 fully saturated rings. The standard InChI is InChI=1S/C31H41N9O4/c1-21-28-26(44-35-21)17-32-29(42)25-15-24(40-20-23(34-36-40)19-37(2)3)9-12-39(25)27(41)16-31(33-30(28)43)10-13-38(14-11-31)18-22-7-5-4-6-8-22/h4-8,20,24-25H,9-19H2,1-3H3,(H,32,42)(H,33,43)/t24-,25+/m1/s1. The highest BCUT2D eigenvalue weighted by atomic mass is 16.5. The number of fused-ring (bicyclic) bond motifs is 2. The zero-order valence-electron chi connectivity index (χ0n) is 25.7. The van der Waals surface area contributed by atoms with Crippen molar-refractivity contribution in [2.24, 2.45) is 0 Å². The molecule has 44 heavy (non-hydrogen) atoms. The lowest BCUT2D eigenvalue weighted by Crippen LogP contribution is -2.60. The summed E-state index contributed by atoms with van der Waals surface area (Å²) in [5.41, 5.74) is 2.09. The second kappa shape index (κ2) is 12.5.